The number of allylic oxidation sites excluding steroid dienone is 3. The van der Waals surface area contributed by atoms with E-state index in [9.17, 15) is 14.4 Å². The molecule has 1 heterocycles. The van der Waals surface area contributed by atoms with Gasteiger partial charge in [0, 0.05) is 12.3 Å². The third-order valence-electron chi connectivity index (χ3n) is 4.18. The van der Waals surface area contributed by atoms with Crippen molar-refractivity contribution in [2.45, 2.75) is 43.7 Å². The summed E-state index contributed by atoms with van der Waals surface area (Å²) in [4.78, 5) is 38.2. The van der Waals surface area contributed by atoms with Crippen molar-refractivity contribution in [3.8, 4) is 0 Å². The molecule has 0 aromatic rings. The van der Waals surface area contributed by atoms with Crippen molar-refractivity contribution in [2.24, 2.45) is 4.99 Å². The van der Waals surface area contributed by atoms with Crippen LogP contribution >= 0.6 is 9.39 Å². The molecule has 0 aromatic carbocycles. The van der Waals surface area contributed by atoms with Gasteiger partial charge in [0.1, 0.15) is 0 Å². The van der Waals surface area contributed by atoms with E-state index in [1.165, 1.54) is 5.57 Å². The van der Waals surface area contributed by atoms with Gasteiger partial charge in [0.15, 0.2) is 5.60 Å². The van der Waals surface area contributed by atoms with Gasteiger partial charge in [-0.25, -0.2) is 0 Å². The highest BCUT2D eigenvalue weighted by Gasteiger charge is 2.55. The zero-order valence-electron chi connectivity index (χ0n) is 14.7. The van der Waals surface area contributed by atoms with Crippen molar-refractivity contribution in [3.63, 3.8) is 0 Å². The quantitative estimate of drug-likeness (QED) is 0.280. The minimum Gasteiger partial charge on any atom is -0.506 e. The highest BCUT2D eigenvalue weighted by atomic mass is 31.0. The van der Waals surface area contributed by atoms with Crippen LogP contribution in [0.1, 0.15) is 32.1 Å². The molecule has 1 aliphatic heterocycles. The molecule has 1 aliphatic carbocycles. The Kier molecular flexibility index (Phi) is 7.71. The van der Waals surface area contributed by atoms with Gasteiger partial charge in [-0.2, -0.15) is 0 Å². The maximum Gasteiger partial charge on any atom is 0.551 e. The molecule has 0 aromatic heterocycles. The average molecular weight is 396 g/mol. The minimum absolute atomic E-state index is 0.0471. The second-order valence-electron chi connectivity index (χ2n) is 6.37. The van der Waals surface area contributed by atoms with Gasteiger partial charge in [-0.05, 0) is 19.3 Å². The molecule has 146 valence electrons. The normalized spacial score (nSPS) is 19.8. The molecule has 0 radical (unpaired) electrons. The summed E-state index contributed by atoms with van der Waals surface area (Å²) in [6, 6.07) is -0.0485. The van der Waals surface area contributed by atoms with Crippen LogP contribution in [-0.2, 0) is 23.7 Å². The summed E-state index contributed by atoms with van der Waals surface area (Å²) < 4.78 is 10.4. The van der Waals surface area contributed by atoms with E-state index >= 15 is 0 Å². The average Bonchev–Trinajstić information content (AvgIpc) is 2.88. The molecule has 11 heteroatoms. The lowest BCUT2D eigenvalue weighted by atomic mass is 9.89. The van der Waals surface area contributed by atoms with Crippen molar-refractivity contribution in [1.29, 1.82) is 0 Å². The Morgan fingerprint density at radius 3 is 2.67 bits per heavy atom. The molecule has 3 N–H and O–H groups in total. The first-order chi connectivity index (χ1) is 12.8. The van der Waals surface area contributed by atoms with E-state index in [1.54, 1.807) is 6.21 Å². The van der Waals surface area contributed by atoms with E-state index in [4.69, 9.17) is 19.5 Å². The Hall–Kier alpha value is -2.03. The summed E-state index contributed by atoms with van der Waals surface area (Å²) in [5, 5.41) is 21.0. The van der Waals surface area contributed by atoms with Crippen molar-refractivity contribution < 1.29 is 33.9 Å². The number of nitrogens with one attached hydrogen (secondary N) is 1. The van der Waals surface area contributed by atoms with Gasteiger partial charge in [-0.3, -0.25) is 24.5 Å². The Labute approximate surface area is 159 Å². The van der Waals surface area contributed by atoms with Crippen LogP contribution in [0.2, 0.25) is 0 Å². The molecule has 0 spiro atoms. The lowest BCUT2D eigenvalue weighted by Gasteiger charge is -2.20. The highest BCUT2D eigenvalue weighted by molar-refractivity contribution is 7.13. The summed E-state index contributed by atoms with van der Waals surface area (Å²) >= 11 is 0. The zero-order valence-corrected chi connectivity index (χ0v) is 15.8. The van der Waals surface area contributed by atoms with E-state index < -0.39 is 43.5 Å². The largest absolute Gasteiger partial charge is 0.551 e. The summed E-state index contributed by atoms with van der Waals surface area (Å²) in [7, 11) is 1.31. The first kappa shape index (κ1) is 21.3. The van der Waals surface area contributed by atoms with Crippen molar-refractivity contribution >= 4 is 40.6 Å². The van der Waals surface area contributed by atoms with Crippen LogP contribution in [0, 0.1) is 0 Å². The molecule has 9 nitrogen and oxygen atoms in total. The third-order valence-corrected chi connectivity index (χ3v) is 4.61. The molecule has 2 unspecified atom stereocenters. The SMILES string of the molecule is O=C(O)CC1(CC(=O)O)OB(CN=CC(CC2=CC=CCC2)NP)OC1=O. The van der Waals surface area contributed by atoms with Crippen LogP contribution < -0.4 is 5.09 Å². The van der Waals surface area contributed by atoms with Gasteiger partial charge >= 0.3 is 25.0 Å². The smallest absolute Gasteiger partial charge is 0.506 e. The Bertz CT molecular complexity index is 664. The first-order valence-corrected chi connectivity index (χ1v) is 9.05. The van der Waals surface area contributed by atoms with Crippen LogP contribution in [0.25, 0.3) is 0 Å². The Balaban J connectivity index is 1.94. The second-order valence-corrected chi connectivity index (χ2v) is 6.70. The number of rotatable bonds is 10. The van der Waals surface area contributed by atoms with Gasteiger partial charge in [0.25, 0.3) is 0 Å². The second kappa shape index (κ2) is 9.78. The molecule has 1 saturated heterocycles. The predicted octanol–water partition coefficient (Wildman–Crippen LogP) is 0.761. The van der Waals surface area contributed by atoms with E-state index in [2.05, 4.69) is 31.6 Å². The Morgan fingerprint density at radius 2 is 2.11 bits per heavy atom. The van der Waals surface area contributed by atoms with Gasteiger partial charge in [-0.1, -0.05) is 33.2 Å². The third kappa shape index (κ3) is 6.27. The van der Waals surface area contributed by atoms with Crippen molar-refractivity contribution in [1.82, 2.24) is 5.09 Å². The molecule has 2 atom stereocenters. The van der Waals surface area contributed by atoms with Gasteiger partial charge in [0.05, 0.1) is 19.3 Å². The molecule has 0 amide bonds. The standard InChI is InChI=1S/C16H22BN2O7P/c20-13(21)7-16(8-14(22)23)15(24)25-17(26-16)10-18-9-12(19-27)6-11-4-2-1-3-5-11/h1-2,4,9,12,19H,3,5-8,10,27H2,(H,20,21)(H,22,23). The number of carbonyl (C=O) groups is 3. The molecule has 27 heavy (non-hydrogen) atoms. The van der Waals surface area contributed by atoms with E-state index in [-0.39, 0.29) is 12.5 Å². The molecule has 2 aliphatic rings. The number of hydrogen-bond donors (Lipinski definition) is 3. The number of aliphatic imine (C=N–C) groups is 1. The number of carbonyl (C=O) groups excluding carboxylic acids is 1. The summed E-state index contributed by atoms with van der Waals surface area (Å²) in [5.74, 6) is -3.69. The van der Waals surface area contributed by atoms with Crippen LogP contribution in [0.15, 0.2) is 28.8 Å². The summed E-state index contributed by atoms with van der Waals surface area (Å²) in [6.45, 7) is 0. The van der Waals surface area contributed by atoms with Crippen LogP contribution in [-0.4, -0.2) is 59.5 Å². The fourth-order valence-corrected chi connectivity index (χ4v) is 3.14. The van der Waals surface area contributed by atoms with Crippen molar-refractivity contribution in [3.05, 3.63) is 23.8 Å². The molecule has 0 bridgehead atoms. The molecular formula is C16H22BN2O7P. The van der Waals surface area contributed by atoms with Gasteiger partial charge in [0.2, 0.25) is 0 Å². The highest BCUT2D eigenvalue weighted by Crippen LogP contribution is 2.30. The monoisotopic (exact) mass is 396 g/mol. The lowest BCUT2D eigenvalue weighted by Crippen LogP contribution is -2.41. The topological polar surface area (TPSA) is 135 Å². The minimum atomic E-state index is -2.02. The molecule has 2 rings (SSSR count). The zero-order chi connectivity index (χ0) is 19.9. The molecule has 0 saturated carbocycles. The number of hydrogen-bond acceptors (Lipinski definition) is 7. The number of aliphatic carboxylic acids is 2. The predicted molar refractivity (Wildman–Crippen MR) is 101 cm³/mol. The molecular weight excluding hydrogens is 374 g/mol. The fourth-order valence-electron chi connectivity index (χ4n) is 2.94. The van der Waals surface area contributed by atoms with Crippen LogP contribution in [0.4, 0.5) is 0 Å². The lowest BCUT2D eigenvalue weighted by molar-refractivity contribution is -0.157. The Morgan fingerprint density at radius 1 is 1.41 bits per heavy atom. The molecule has 1 fully saturated rings. The number of carboxylic acids is 2. The maximum absolute atomic E-state index is 12.0. The van der Waals surface area contributed by atoms with E-state index in [0.29, 0.717) is 0 Å². The summed E-state index contributed by atoms with van der Waals surface area (Å²) in [6.07, 6.45) is 9.01. The fraction of sp³-hybridized carbons (Fsp3) is 0.500. The van der Waals surface area contributed by atoms with E-state index in [0.717, 1.165) is 19.3 Å². The number of nitrogens with zero attached hydrogens (tertiary/aromatic N) is 1. The van der Waals surface area contributed by atoms with Crippen LogP contribution in [0.3, 0.4) is 0 Å². The maximum atomic E-state index is 12.0. The van der Waals surface area contributed by atoms with Crippen molar-refractivity contribution in [2.75, 3.05) is 6.44 Å². The summed E-state index contributed by atoms with van der Waals surface area (Å²) in [5.41, 5.74) is -0.732. The van der Waals surface area contributed by atoms with Crippen LogP contribution in [0.5, 0.6) is 0 Å². The van der Waals surface area contributed by atoms with Gasteiger partial charge < -0.3 is 19.5 Å². The van der Waals surface area contributed by atoms with Gasteiger partial charge in [-0.15, -0.1) is 0 Å². The van der Waals surface area contributed by atoms with E-state index in [1.807, 2.05) is 6.08 Å². The number of carboxylic acid groups (broad SMARTS) is 2. The first-order valence-electron chi connectivity index (χ1n) is 8.48.